The number of carbonyl (C=O) groups excluding carboxylic acids is 1. The van der Waals surface area contributed by atoms with E-state index in [1.54, 1.807) is 11.1 Å². The van der Waals surface area contributed by atoms with E-state index >= 15 is 0 Å². The Balaban J connectivity index is 2.48. The molecule has 0 saturated heterocycles. The van der Waals surface area contributed by atoms with Crippen molar-refractivity contribution in [3.8, 4) is 0 Å². The molecule has 0 fully saturated rings. The highest BCUT2D eigenvalue weighted by Crippen LogP contribution is 2.01. The van der Waals surface area contributed by atoms with Gasteiger partial charge in [0.25, 0.3) is 0 Å². The number of carbonyl (C=O) groups is 1. The third-order valence-corrected chi connectivity index (χ3v) is 2.14. The summed E-state index contributed by atoms with van der Waals surface area (Å²) < 4.78 is 0. The Morgan fingerprint density at radius 1 is 1.25 bits per heavy atom. The lowest BCUT2D eigenvalue weighted by Crippen LogP contribution is -2.25. The molecule has 0 saturated carbocycles. The molecule has 1 rings (SSSR count). The van der Waals surface area contributed by atoms with Gasteiger partial charge in [-0.25, -0.2) is 4.79 Å². The minimum atomic E-state index is -0.340. The molecule has 86 valence electrons. The molecule has 0 aromatic heterocycles. The van der Waals surface area contributed by atoms with Crippen molar-refractivity contribution >= 4 is 12.0 Å². The fourth-order valence-electron chi connectivity index (χ4n) is 1.24. The highest BCUT2D eigenvalue weighted by Gasteiger charge is 2.03. The first-order valence-corrected chi connectivity index (χ1v) is 5.46. The molecule has 16 heavy (non-hydrogen) atoms. The Labute approximate surface area is 96.3 Å². The molecule has 3 heteroatoms. The Hall–Kier alpha value is -1.61. The van der Waals surface area contributed by atoms with Crippen LogP contribution in [0.5, 0.6) is 0 Å². The molecule has 1 aromatic carbocycles. The molecule has 0 heterocycles. The lowest BCUT2D eigenvalue weighted by molar-refractivity contribution is -0.182. The van der Waals surface area contributed by atoms with E-state index in [2.05, 4.69) is 0 Å². The van der Waals surface area contributed by atoms with E-state index in [0.29, 0.717) is 13.1 Å². The maximum absolute atomic E-state index is 11.4. The number of benzene rings is 1. The molecule has 0 atom stereocenters. The summed E-state index contributed by atoms with van der Waals surface area (Å²) in [6.07, 6.45) is 3.18. The molecule has 0 unspecified atom stereocenters. The molecular weight excluding hydrogens is 202 g/mol. The van der Waals surface area contributed by atoms with Gasteiger partial charge in [-0.15, -0.1) is 5.06 Å². The lowest BCUT2D eigenvalue weighted by Gasteiger charge is -2.15. The molecule has 3 nitrogen and oxygen atoms in total. The van der Waals surface area contributed by atoms with E-state index in [0.717, 1.165) is 5.56 Å². The third kappa shape index (κ3) is 4.28. The first-order chi connectivity index (χ1) is 7.76. The molecular formula is C13H17NO2. The quantitative estimate of drug-likeness (QED) is 0.563. The second kappa shape index (κ2) is 6.80. The van der Waals surface area contributed by atoms with Gasteiger partial charge in [0.1, 0.15) is 0 Å². The molecule has 1 aromatic rings. The Morgan fingerprint density at radius 2 is 1.88 bits per heavy atom. The van der Waals surface area contributed by atoms with Crippen molar-refractivity contribution in [2.45, 2.75) is 13.8 Å². The van der Waals surface area contributed by atoms with Crippen LogP contribution in [0.3, 0.4) is 0 Å². The van der Waals surface area contributed by atoms with Crippen molar-refractivity contribution < 1.29 is 9.63 Å². The topological polar surface area (TPSA) is 29.5 Å². The monoisotopic (exact) mass is 219 g/mol. The molecule has 0 aliphatic heterocycles. The largest absolute Gasteiger partial charge is 0.364 e. The summed E-state index contributed by atoms with van der Waals surface area (Å²) in [6.45, 7) is 5.28. The fourth-order valence-corrected chi connectivity index (χ4v) is 1.24. The van der Waals surface area contributed by atoms with Crippen molar-refractivity contribution in [1.82, 2.24) is 5.06 Å². The molecule has 0 bridgehead atoms. The van der Waals surface area contributed by atoms with Gasteiger partial charge < -0.3 is 4.84 Å². The van der Waals surface area contributed by atoms with Gasteiger partial charge in [-0.3, -0.25) is 0 Å². The maximum atomic E-state index is 11.4. The Morgan fingerprint density at radius 3 is 2.44 bits per heavy atom. The lowest BCUT2D eigenvalue weighted by atomic mass is 10.2. The molecule has 0 spiro atoms. The standard InChI is InChI=1S/C13H17NO2/c1-3-14(4-2)16-13(15)11-10-12-8-6-5-7-9-12/h5-11H,3-4H2,1-2H3/b11-10+. The van der Waals surface area contributed by atoms with Crippen molar-refractivity contribution in [1.29, 1.82) is 0 Å². The number of hydrogen-bond acceptors (Lipinski definition) is 3. The first kappa shape index (κ1) is 12.5. The average molecular weight is 219 g/mol. The number of hydroxylamine groups is 2. The summed E-state index contributed by atoms with van der Waals surface area (Å²) in [6, 6.07) is 9.65. The zero-order valence-electron chi connectivity index (χ0n) is 9.72. The van der Waals surface area contributed by atoms with Crippen LogP contribution in [0.15, 0.2) is 36.4 Å². The molecule has 0 radical (unpaired) electrons. The van der Waals surface area contributed by atoms with Gasteiger partial charge in [-0.05, 0) is 25.5 Å². The molecule has 0 N–H and O–H groups in total. The van der Waals surface area contributed by atoms with E-state index in [1.807, 2.05) is 44.2 Å². The van der Waals surface area contributed by atoms with E-state index in [4.69, 9.17) is 4.84 Å². The van der Waals surface area contributed by atoms with Crippen molar-refractivity contribution in [3.63, 3.8) is 0 Å². The highest BCUT2D eigenvalue weighted by atomic mass is 16.7. The maximum Gasteiger partial charge on any atom is 0.349 e. The summed E-state index contributed by atoms with van der Waals surface area (Å²) in [5.74, 6) is -0.340. The van der Waals surface area contributed by atoms with Crippen LogP contribution in [-0.4, -0.2) is 24.1 Å². The van der Waals surface area contributed by atoms with Gasteiger partial charge in [0.2, 0.25) is 0 Å². The van der Waals surface area contributed by atoms with Gasteiger partial charge in [-0.2, -0.15) is 0 Å². The number of hydrogen-bond donors (Lipinski definition) is 0. The van der Waals surface area contributed by atoms with E-state index < -0.39 is 0 Å². The van der Waals surface area contributed by atoms with Crippen molar-refractivity contribution in [3.05, 3.63) is 42.0 Å². The van der Waals surface area contributed by atoms with Gasteiger partial charge in [-0.1, -0.05) is 30.3 Å². The van der Waals surface area contributed by atoms with Crippen LogP contribution in [-0.2, 0) is 9.63 Å². The zero-order chi connectivity index (χ0) is 11.8. The second-order valence-corrected chi connectivity index (χ2v) is 3.27. The highest BCUT2D eigenvalue weighted by molar-refractivity contribution is 5.86. The van der Waals surface area contributed by atoms with Crippen molar-refractivity contribution in [2.75, 3.05) is 13.1 Å². The first-order valence-electron chi connectivity index (χ1n) is 5.46. The minimum Gasteiger partial charge on any atom is -0.364 e. The van der Waals surface area contributed by atoms with Crippen LogP contribution in [0.25, 0.3) is 6.08 Å². The van der Waals surface area contributed by atoms with Crippen LogP contribution in [0, 0.1) is 0 Å². The number of rotatable bonds is 5. The fraction of sp³-hybridized carbons (Fsp3) is 0.308. The third-order valence-electron chi connectivity index (χ3n) is 2.14. The van der Waals surface area contributed by atoms with Gasteiger partial charge >= 0.3 is 5.97 Å². The van der Waals surface area contributed by atoms with Crippen LogP contribution in [0.2, 0.25) is 0 Å². The summed E-state index contributed by atoms with van der Waals surface area (Å²) in [7, 11) is 0. The van der Waals surface area contributed by atoms with Gasteiger partial charge in [0, 0.05) is 19.2 Å². The normalized spacial score (nSPS) is 10.9. The summed E-state index contributed by atoms with van der Waals surface area (Å²) in [5.41, 5.74) is 0.985. The predicted octanol–water partition coefficient (Wildman–Crippen LogP) is 2.50. The van der Waals surface area contributed by atoms with Crippen LogP contribution >= 0.6 is 0 Å². The minimum absolute atomic E-state index is 0.340. The second-order valence-electron chi connectivity index (χ2n) is 3.27. The van der Waals surface area contributed by atoms with Crippen LogP contribution in [0.1, 0.15) is 19.4 Å². The smallest absolute Gasteiger partial charge is 0.349 e. The Kier molecular flexibility index (Phi) is 5.29. The molecule has 0 amide bonds. The zero-order valence-corrected chi connectivity index (χ0v) is 9.72. The van der Waals surface area contributed by atoms with E-state index in [9.17, 15) is 4.79 Å². The van der Waals surface area contributed by atoms with Crippen molar-refractivity contribution in [2.24, 2.45) is 0 Å². The average Bonchev–Trinajstić information content (AvgIpc) is 2.34. The predicted molar refractivity (Wildman–Crippen MR) is 64.5 cm³/mol. The summed E-state index contributed by atoms with van der Waals surface area (Å²) >= 11 is 0. The SMILES string of the molecule is CCN(CC)OC(=O)/C=C/c1ccccc1. The van der Waals surface area contributed by atoms with E-state index in [1.165, 1.54) is 6.08 Å². The molecule has 0 aliphatic carbocycles. The van der Waals surface area contributed by atoms with Gasteiger partial charge in [0.05, 0.1) is 0 Å². The number of nitrogens with zero attached hydrogens (tertiary/aromatic N) is 1. The van der Waals surface area contributed by atoms with Gasteiger partial charge in [0.15, 0.2) is 0 Å². The van der Waals surface area contributed by atoms with Crippen LogP contribution < -0.4 is 0 Å². The summed E-state index contributed by atoms with van der Waals surface area (Å²) in [4.78, 5) is 16.5. The summed E-state index contributed by atoms with van der Waals surface area (Å²) in [5, 5.41) is 1.61. The van der Waals surface area contributed by atoms with Crippen LogP contribution in [0.4, 0.5) is 0 Å². The molecule has 0 aliphatic rings. The Bertz CT molecular complexity index is 342. The van der Waals surface area contributed by atoms with E-state index in [-0.39, 0.29) is 5.97 Å².